The number of nitrogens with one attached hydrogen (secondary N) is 1. The molecule has 0 unspecified atom stereocenters. The number of aromatic nitrogens is 1. The fourth-order valence-corrected chi connectivity index (χ4v) is 3.94. The molecule has 168 valence electrons. The van der Waals surface area contributed by atoms with Crippen LogP contribution in [0.25, 0.3) is 6.08 Å². The molecule has 2 heterocycles. The van der Waals surface area contributed by atoms with E-state index in [1.165, 1.54) is 0 Å². The van der Waals surface area contributed by atoms with E-state index in [-0.39, 0.29) is 5.57 Å². The number of carbonyl (C=O) groups excluding carboxylic acids is 3. The first-order valence-electron chi connectivity index (χ1n) is 11.1. The molecule has 0 spiro atoms. The number of anilines is 1. The van der Waals surface area contributed by atoms with Crippen molar-refractivity contribution in [1.29, 1.82) is 0 Å². The van der Waals surface area contributed by atoms with Crippen molar-refractivity contribution in [3.05, 3.63) is 94.8 Å². The van der Waals surface area contributed by atoms with Gasteiger partial charge in [-0.3, -0.25) is 14.9 Å². The molecule has 2 aromatic carbocycles. The Labute approximate surface area is 193 Å². The summed E-state index contributed by atoms with van der Waals surface area (Å²) in [4.78, 5) is 39.3. The summed E-state index contributed by atoms with van der Waals surface area (Å²) in [5.41, 5.74) is 4.46. The Kier molecular flexibility index (Phi) is 6.27. The van der Waals surface area contributed by atoms with Crippen LogP contribution in [-0.2, 0) is 16.1 Å². The Bertz CT molecular complexity index is 1240. The van der Waals surface area contributed by atoms with Crippen molar-refractivity contribution >= 4 is 29.6 Å². The lowest BCUT2D eigenvalue weighted by atomic mass is 9.98. The summed E-state index contributed by atoms with van der Waals surface area (Å²) < 4.78 is 1.96. The van der Waals surface area contributed by atoms with E-state index in [0.29, 0.717) is 23.8 Å². The minimum Gasteiger partial charge on any atom is -0.344 e. The molecule has 1 atom stereocenters. The van der Waals surface area contributed by atoms with Crippen molar-refractivity contribution in [2.24, 2.45) is 0 Å². The van der Waals surface area contributed by atoms with Crippen LogP contribution in [-0.4, -0.2) is 22.4 Å². The van der Waals surface area contributed by atoms with E-state index in [4.69, 9.17) is 0 Å². The summed E-state index contributed by atoms with van der Waals surface area (Å²) in [5, 5.41) is 2.30. The van der Waals surface area contributed by atoms with Crippen LogP contribution in [0.3, 0.4) is 0 Å². The highest BCUT2D eigenvalue weighted by Crippen LogP contribution is 2.26. The lowest BCUT2D eigenvalue weighted by molar-refractivity contribution is -0.122. The average molecular weight is 442 g/mol. The van der Waals surface area contributed by atoms with Crippen molar-refractivity contribution in [2.75, 3.05) is 4.90 Å². The molecule has 6 nitrogen and oxygen atoms in total. The first-order valence-corrected chi connectivity index (χ1v) is 11.1. The van der Waals surface area contributed by atoms with Gasteiger partial charge in [0, 0.05) is 18.4 Å². The van der Waals surface area contributed by atoms with Gasteiger partial charge in [0.1, 0.15) is 5.57 Å². The van der Waals surface area contributed by atoms with E-state index in [2.05, 4.69) is 25.2 Å². The highest BCUT2D eigenvalue weighted by molar-refractivity contribution is 6.39. The summed E-state index contributed by atoms with van der Waals surface area (Å²) in [7, 11) is 0. The molecule has 1 N–H and O–H groups in total. The van der Waals surface area contributed by atoms with Crippen LogP contribution in [0, 0.1) is 6.92 Å². The molecular formula is C27H27N3O3. The van der Waals surface area contributed by atoms with Gasteiger partial charge in [0.2, 0.25) is 0 Å². The Hall–Kier alpha value is -3.93. The quantitative estimate of drug-likeness (QED) is 0.431. The second-order valence-corrected chi connectivity index (χ2v) is 8.41. The molecule has 0 bridgehead atoms. The standard InChI is InChI=1S/C27H27N3O3/c1-4-19(3)21-10-12-22(13-11-21)30-26(32)24(25(31)28-27(30)33)16-23-9-6-14-29(23)17-20-8-5-7-18(2)15-20/h5-16,19H,4,17H2,1-3H3,(H,28,31,33)/b24-16-/t19-/m0/s1. The summed E-state index contributed by atoms with van der Waals surface area (Å²) in [6, 6.07) is 18.4. The number of hydrogen-bond donors (Lipinski definition) is 1. The zero-order chi connectivity index (χ0) is 23.5. The third-order valence-electron chi connectivity index (χ3n) is 6.03. The van der Waals surface area contributed by atoms with E-state index in [1.54, 1.807) is 18.2 Å². The normalized spacial score (nSPS) is 16.3. The lowest BCUT2D eigenvalue weighted by Crippen LogP contribution is -2.54. The van der Waals surface area contributed by atoms with Gasteiger partial charge in [-0.15, -0.1) is 0 Å². The van der Waals surface area contributed by atoms with Crippen molar-refractivity contribution in [2.45, 2.75) is 39.7 Å². The Morgan fingerprint density at radius 3 is 2.45 bits per heavy atom. The molecule has 0 radical (unpaired) electrons. The first kappa shape index (κ1) is 22.3. The van der Waals surface area contributed by atoms with Crippen LogP contribution in [0.4, 0.5) is 10.5 Å². The van der Waals surface area contributed by atoms with Crippen molar-refractivity contribution in [1.82, 2.24) is 9.88 Å². The van der Waals surface area contributed by atoms with Gasteiger partial charge in [0.05, 0.1) is 5.69 Å². The molecule has 1 fully saturated rings. The minimum atomic E-state index is -0.742. The summed E-state index contributed by atoms with van der Waals surface area (Å²) >= 11 is 0. The summed E-state index contributed by atoms with van der Waals surface area (Å²) in [6.07, 6.45) is 4.43. The molecule has 33 heavy (non-hydrogen) atoms. The average Bonchev–Trinajstić information content (AvgIpc) is 3.23. The van der Waals surface area contributed by atoms with Gasteiger partial charge in [-0.05, 0) is 60.7 Å². The maximum Gasteiger partial charge on any atom is 0.335 e. The molecule has 6 heteroatoms. The zero-order valence-electron chi connectivity index (χ0n) is 19.0. The molecular weight excluding hydrogens is 414 g/mol. The Morgan fingerprint density at radius 2 is 1.76 bits per heavy atom. The largest absolute Gasteiger partial charge is 0.344 e. The topological polar surface area (TPSA) is 71.4 Å². The van der Waals surface area contributed by atoms with E-state index in [0.717, 1.165) is 28.0 Å². The summed E-state index contributed by atoms with van der Waals surface area (Å²) in [5.74, 6) is -0.952. The number of amides is 4. The van der Waals surface area contributed by atoms with Crippen LogP contribution in [0.1, 0.15) is 48.6 Å². The molecule has 0 aliphatic carbocycles. The van der Waals surface area contributed by atoms with Gasteiger partial charge < -0.3 is 4.57 Å². The Morgan fingerprint density at radius 1 is 1.00 bits per heavy atom. The second kappa shape index (κ2) is 9.28. The van der Waals surface area contributed by atoms with E-state index in [1.807, 2.05) is 60.2 Å². The number of benzene rings is 2. The van der Waals surface area contributed by atoms with Gasteiger partial charge in [-0.1, -0.05) is 55.8 Å². The van der Waals surface area contributed by atoms with Crippen LogP contribution in [0.2, 0.25) is 0 Å². The highest BCUT2D eigenvalue weighted by atomic mass is 16.2. The molecule has 1 aliphatic rings. The number of carbonyl (C=O) groups is 3. The van der Waals surface area contributed by atoms with E-state index < -0.39 is 17.8 Å². The fraction of sp³-hybridized carbons (Fsp3) is 0.222. The molecule has 1 aliphatic heterocycles. The predicted octanol–water partition coefficient (Wildman–Crippen LogP) is 5.02. The molecule has 4 rings (SSSR count). The number of rotatable bonds is 6. The number of hydrogen-bond acceptors (Lipinski definition) is 3. The van der Waals surface area contributed by atoms with E-state index in [9.17, 15) is 14.4 Å². The van der Waals surface area contributed by atoms with Crippen LogP contribution in [0.15, 0.2) is 72.4 Å². The molecule has 1 aromatic heterocycles. The number of barbiturate groups is 1. The maximum absolute atomic E-state index is 13.2. The lowest BCUT2D eigenvalue weighted by Gasteiger charge is -2.26. The zero-order valence-corrected chi connectivity index (χ0v) is 19.0. The van der Waals surface area contributed by atoms with E-state index >= 15 is 0 Å². The third-order valence-corrected chi connectivity index (χ3v) is 6.03. The minimum absolute atomic E-state index is 0.0789. The van der Waals surface area contributed by atoms with Crippen LogP contribution >= 0.6 is 0 Å². The third kappa shape index (κ3) is 4.65. The van der Waals surface area contributed by atoms with Gasteiger partial charge in [0.25, 0.3) is 11.8 Å². The first-order chi connectivity index (χ1) is 15.9. The highest BCUT2D eigenvalue weighted by Gasteiger charge is 2.37. The van der Waals surface area contributed by atoms with Crippen molar-refractivity contribution in [3.8, 4) is 0 Å². The van der Waals surface area contributed by atoms with Crippen molar-refractivity contribution in [3.63, 3.8) is 0 Å². The molecule has 3 aromatic rings. The van der Waals surface area contributed by atoms with Gasteiger partial charge in [-0.2, -0.15) is 0 Å². The second-order valence-electron chi connectivity index (χ2n) is 8.41. The number of nitrogens with zero attached hydrogens (tertiary/aromatic N) is 2. The summed E-state index contributed by atoms with van der Waals surface area (Å²) in [6.45, 7) is 6.87. The molecule has 0 saturated carbocycles. The maximum atomic E-state index is 13.2. The van der Waals surface area contributed by atoms with Crippen molar-refractivity contribution < 1.29 is 14.4 Å². The monoisotopic (exact) mass is 441 g/mol. The number of imide groups is 2. The van der Waals surface area contributed by atoms with Gasteiger partial charge in [0.15, 0.2) is 0 Å². The Balaban J connectivity index is 1.63. The fourth-order valence-electron chi connectivity index (χ4n) is 3.94. The van der Waals surface area contributed by atoms with Gasteiger partial charge >= 0.3 is 6.03 Å². The number of urea groups is 1. The SMILES string of the molecule is CC[C@H](C)c1ccc(N2C(=O)NC(=O)/C(=C/c3cccn3Cc3cccc(C)c3)C2=O)cc1. The smallest absolute Gasteiger partial charge is 0.335 e. The van der Waals surface area contributed by atoms with Crippen LogP contribution in [0.5, 0.6) is 0 Å². The number of aryl methyl sites for hydroxylation is 1. The molecule has 1 saturated heterocycles. The van der Waals surface area contributed by atoms with Crippen LogP contribution < -0.4 is 10.2 Å². The van der Waals surface area contributed by atoms with Gasteiger partial charge in [-0.25, -0.2) is 9.69 Å². The predicted molar refractivity (Wildman–Crippen MR) is 129 cm³/mol. The molecule has 4 amide bonds.